The molecule has 0 bridgehead atoms. The fraction of sp³-hybridized carbons (Fsp3) is 0.467. The summed E-state index contributed by atoms with van der Waals surface area (Å²) in [5, 5.41) is 3.02. The summed E-state index contributed by atoms with van der Waals surface area (Å²) in [4.78, 5) is 28.9. The summed E-state index contributed by atoms with van der Waals surface area (Å²) < 4.78 is 13.0. The molecular weight excluding hydrogens is 317 g/mol. The van der Waals surface area contributed by atoms with E-state index in [1.807, 2.05) is 22.1 Å². The molecule has 0 saturated carbocycles. The Kier molecular flexibility index (Phi) is 3.48. The fourth-order valence-electron chi connectivity index (χ4n) is 3.49. The molecule has 2 fully saturated rings. The number of nitrogens with zero attached hydrogens (tertiary/aromatic N) is 5. The molecule has 2 atom stereocenters. The van der Waals surface area contributed by atoms with Crippen LogP contribution in [0.2, 0.25) is 0 Å². The van der Waals surface area contributed by atoms with Crippen molar-refractivity contribution < 1.29 is 9.18 Å². The van der Waals surface area contributed by atoms with E-state index in [4.69, 9.17) is 0 Å². The number of anilines is 1. The highest BCUT2D eigenvalue weighted by Crippen LogP contribution is 2.35. The third kappa shape index (κ3) is 2.56. The Morgan fingerprint density at radius 3 is 2.83 bits per heavy atom. The predicted octanol–water partition coefficient (Wildman–Crippen LogP) is 1.76. The van der Waals surface area contributed by atoms with Crippen molar-refractivity contribution in [3.05, 3.63) is 34.3 Å². The van der Waals surface area contributed by atoms with Gasteiger partial charge in [0.15, 0.2) is 5.82 Å². The lowest BCUT2D eigenvalue weighted by Gasteiger charge is -2.24. The number of fused-ring (bicyclic) bond motifs is 1. The first-order chi connectivity index (χ1) is 11.1. The summed E-state index contributed by atoms with van der Waals surface area (Å²) in [6.07, 6.45) is 3.67. The molecule has 2 aromatic rings. The van der Waals surface area contributed by atoms with Crippen molar-refractivity contribution in [3.63, 3.8) is 0 Å². The Balaban J connectivity index is 1.53. The molecule has 4 heterocycles. The van der Waals surface area contributed by atoms with Crippen LogP contribution in [0.15, 0.2) is 17.8 Å². The van der Waals surface area contributed by atoms with Crippen molar-refractivity contribution in [2.45, 2.75) is 38.4 Å². The van der Waals surface area contributed by atoms with Crippen LogP contribution in [0.5, 0.6) is 0 Å². The van der Waals surface area contributed by atoms with Gasteiger partial charge in [-0.25, -0.2) is 19.3 Å². The number of aryl methyl sites for hydroxylation is 1. The van der Waals surface area contributed by atoms with Crippen LogP contribution in [0.4, 0.5) is 10.3 Å². The van der Waals surface area contributed by atoms with Crippen molar-refractivity contribution in [2.75, 3.05) is 11.4 Å². The number of thiazole rings is 1. The topological polar surface area (TPSA) is 62.2 Å². The van der Waals surface area contributed by atoms with Gasteiger partial charge < -0.3 is 9.80 Å². The molecule has 0 aliphatic carbocycles. The van der Waals surface area contributed by atoms with Gasteiger partial charge in [-0.15, -0.1) is 11.3 Å². The van der Waals surface area contributed by atoms with Gasteiger partial charge in [-0.05, 0) is 13.3 Å². The lowest BCUT2D eigenvalue weighted by Crippen LogP contribution is -2.37. The first kappa shape index (κ1) is 14.5. The molecule has 120 valence electrons. The zero-order chi connectivity index (χ0) is 16.0. The number of hydrogen-bond donors (Lipinski definition) is 0. The maximum absolute atomic E-state index is 13.0. The van der Waals surface area contributed by atoms with E-state index < -0.39 is 5.82 Å². The van der Waals surface area contributed by atoms with Crippen LogP contribution in [0.25, 0.3) is 0 Å². The van der Waals surface area contributed by atoms with Crippen LogP contribution in [0.3, 0.4) is 0 Å². The highest BCUT2D eigenvalue weighted by Gasteiger charge is 2.47. The average molecular weight is 333 g/mol. The van der Waals surface area contributed by atoms with E-state index in [1.165, 1.54) is 12.4 Å². The number of halogens is 1. The van der Waals surface area contributed by atoms with Crippen LogP contribution >= 0.6 is 11.3 Å². The third-order valence-corrected chi connectivity index (χ3v) is 5.30. The predicted molar refractivity (Wildman–Crippen MR) is 83.5 cm³/mol. The minimum absolute atomic E-state index is 0.0627. The van der Waals surface area contributed by atoms with Gasteiger partial charge in [-0.3, -0.25) is 4.79 Å². The molecule has 2 unspecified atom stereocenters. The molecule has 6 nitrogen and oxygen atoms in total. The first-order valence-electron chi connectivity index (χ1n) is 7.56. The Morgan fingerprint density at radius 1 is 1.35 bits per heavy atom. The molecule has 1 amide bonds. The van der Waals surface area contributed by atoms with Crippen LogP contribution in [-0.2, 0) is 11.3 Å². The van der Waals surface area contributed by atoms with Crippen molar-refractivity contribution >= 4 is 23.2 Å². The highest BCUT2D eigenvalue weighted by atomic mass is 32.1. The van der Waals surface area contributed by atoms with Crippen LogP contribution in [0, 0.1) is 12.7 Å². The molecule has 2 saturated heterocycles. The smallest absolute Gasteiger partial charge is 0.225 e. The summed E-state index contributed by atoms with van der Waals surface area (Å²) in [5.74, 6) is 0.183. The van der Waals surface area contributed by atoms with Crippen molar-refractivity contribution in [3.8, 4) is 0 Å². The van der Waals surface area contributed by atoms with E-state index in [0.717, 1.165) is 23.7 Å². The number of carbonyl (C=O) groups is 1. The molecule has 0 aromatic carbocycles. The molecule has 2 aliphatic rings. The molecule has 0 spiro atoms. The first-order valence-corrected chi connectivity index (χ1v) is 8.44. The lowest BCUT2D eigenvalue weighted by atomic mass is 10.1. The van der Waals surface area contributed by atoms with E-state index in [2.05, 4.69) is 15.0 Å². The summed E-state index contributed by atoms with van der Waals surface area (Å²) in [5.41, 5.74) is 0.943. The van der Waals surface area contributed by atoms with Gasteiger partial charge in [0.1, 0.15) is 0 Å². The van der Waals surface area contributed by atoms with Crippen LogP contribution in [-0.4, -0.2) is 44.4 Å². The Hall–Kier alpha value is -2.09. The average Bonchev–Trinajstić information content (AvgIpc) is 3.19. The molecule has 8 heteroatoms. The molecule has 23 heavy (non-hydrogen) atoms. The van der Waals surface area contributed by atoms with E-state index in [1.54, 1.807) is 11.3 Å². The number of likely N-dealkylation sites (tertiary alicyclic amines) is 1. The van der Waals surface area contributed by atoms with Crippen molar-refractivity contribution in [2.24, 2.45) is 0 Å². The largest absolute Gasteiger partial charge is 0.335 e. The quantitative estimate of drug-likeness (QED) is 0.856. The monoisotopic (exact) mass is 333 g/mol. The third-order valence-electron chi connectivity index (χ3n) is 4.48. The second-order valence-corrected chi connectivity index (χ2v) is 6.96. The molecule has 0 N–H and O–H groups in total. The van der Waals surface area contributed by atoms with Gasteiger partial charge >= 0.3 is 0 Å². The molecule has 4 rings (SSSR count). The van der Waals surface area contributed by atoms with Gasteiger partial charge in [-0.1, -0.05) is 0 Å². The van der Waals surface area contributed by atoms with E-state index in [-0.39, 0.29) is 18.0 Å². The molecule has 2 aromatic heterocycles. The normalized spacial score (nSPS) is 23.7. The second kappa shape index (κ2) is 5.52. The number of amides is 1. The molecule has 2 aliphatic heterocycles. The van der Waals surface area contributed by atoms with Gasteiger partial charge in [0.05, 0.1) is 41.7 Å². The van der Waals surface area contributed by atoms with Gasteiger partial charge in [0, 0.05) is 18.3 Å². The maximum atomic E-state index is 13.0. The van der Waals surface area contributed by atoms with Gasteiger partial charge in [-0.2, -0.15) is 0 Å². The molecular formula is C15H16FN5OS. The number of hydrogen-bond acceptors (Lipinski definition) is 6. The van der Waals surface area contributed by atoms with Gasteiger partial charge in [0.25, 0.3) is 0 Å². The summed E-state index contributed by atoms with van der Waals surface area (Å²) >= 11 is 1.60. The minimum Gasteiger partial charge on any atom is -0.335 e. The SMILES string of the molecule is Cc1nc(CN2C(=O)CC3C2CCN3c2ncc(F)cn2)cs1. The van der Waals surface area contributed by atoms with Gasteiger partial charge in [0.2, 0.25) is 11.9 Å². The van der Waals surface area contributed by atoms with Crippen LogP contribution < -0.4 is 4.90 Å². The summed E-state index contributed by atoms with van der Waals surface area (Å²) in [6.45, 7) is 3.30. The van der Waals surface area contributed by atoms with E-state index in [0.29, 0.717) is 18.9 Å². The number of rotatable bonds is 3. The summed E-state index contributed by atoms with van der Waals surface area (Å²) in [7, 11) is 0. The van der Waals surface area contributed by atoms with E-state index >= 15 is 0 Å². The highest BCUT2D eigenvalue weighted by molar-refractivity contribution is 7.09. The Labute approximate surface area is 137 Å². The Bertz CT molecular complexity index is 734. The Morgan fingerprint density at radius 2 is 2.13 bits per heavy atom. The van der Waals surface area contributed by atoms with Crippen LogP contribution in [0.1, 0.15) is 23.5 Å². The standard InChI is InChI=1S/C15H16FN5OS/c1-9-19-11(8-23-9)7-21-12-2-3-20(13(12)4-14(21)22)15-17-5-10(16)6-18-15/h5-6,8,12-13H,2-4,7H2,1H3. The minimum atomic E-state index is -0.451. The second-order valence-electron chi connectivity index (χ2n) is 5.90. The zero-order valence-electron chi connectivity index (χ0n) is 12.6. The maximum Gasteiger partial charge on any atom is 0.225 e. The summed E-state index contributed by atoms with van der Waals surface area (Å²) in [6, 6.07) is 0.214. The fourth-order valence-corrected chi connectivity index (χ4v) is 4.09. The van der Waals surface area contributed by atoms with E-state index in [9.17, 15) is 9.18 Å². The lowest BCUT2D eigenvalue weighted by molar-refractivity contribution is -0.129. The van der Waals surface area contributed by atoms with Crippen molar-refractivity contribution in [1.29, 1.82) is 0 Å². The molecule has 0 radical (unpaired) electrons. The van der Waals surface area contributed by atoms with Crippen molar-refractivity contribution in [1.82, 2.24) is 19.9 Å². The zero-order valence-corrected chi connectivity index (χ0v) is 13.5. The number of carbonyl (C=O) groups excluding carboxylic acids is 1. The number of aromatic nitrogens is 3.